The SMILES string of the molecule is COc1ccc(Oc2cccc(C(=O)O)c2)cc1C(=O)N[C@H]1[C@@H](C(=O)Nc2cccc(S(=O)(=O)C(C)(F)F)c2)[C@@H]2C=C[C@H]1C2. The van der Waals surface area contributed by atoms with Gasteiger partial charge in [-0.3, -0.25) is 9.59 Å². The Morgan fingerprint density at radius 2 is 1.66 bits per heavy atom. The van der Waals surface area contributed by atoms with Gasteiger partial charge in [-0.2, -0.15) is 8.78 Å². The number of halogens is 2. The average Bonchev–Trinajstić information content (AvgIpc) is 3.59. The third-order valence-corrected chi connectivity index (χ3v) is 9.49. The van der Waals surface area contributed by atoms with Crippen LogP contribution in [0.15, 0.2) is 83.8 Å². The van der Waals surface area contributed by atoms with Gasteiger partial charge in [0.2, 0.25) is 15.7 Å². The number of sulfone groups is 1. The molecular formula is C31H28F2N2O8S. The number of hydrogen-bond acceptors (Lipinski definition) is 7. The van der Waals surface area contributed by atoms with Crippen LogP contribution in [0.1, 0.15) is 34.1 Å². The molecule has 2 aliphatic carbocycles. The van der Waals surface area contributed by atoms with Gasteiger partial charge in [0.15, 0.2) is 0 Å². The fourth-order valence-electron chi connectivity index (χ4n) is 5.54. The third-order valence-electron chi connectivity index (χ3n) is 7.68. The highest BCUT2D eigenvalue weighted by Crippen LogP contribution is 2.44. The lowest BCUT2D eigenvalue weighted by Gasteiger charge is -2.28. The van der Waals surface area contributed by atoms with Gasteiger partial charge in [-0.1, -0.05) is 24.3 Å². The number of carbonyl (C=O) groups is 3. The summed E-state index contributed by atoms with van der Waals surface area (Å²) in [6, 6.07) is 14.4. The van der Waals surface area contributed by atoms with Crippen molar-refractivity contribution in [2.75, 3.05) is 12.4 Å². The van der Waals surface area contributed by atoms with Gasteiger partial charge in [-0.15, -0.1) is 0 Å². The van der Waals surface area contributed by atoms with Crippen molar-refractivity contribution in [2.24, 2.45) is 17.8 Å². The maximum atomic E-state index is 13.7. The van der Waals surface area contributed by atoms with Crippen LogP contribution in [0.4, 0.5) is 14.5 Å². The number of alkyl halides is 2. The van der Waals surface area contributed by atoms with Crippen LogP contribution in [-0.2, 0) is 14.6 Å². The largest absolute Gasteiger partial charge is 0.496 e. The smallest absolute Gasteiger partial charge is 0.347 e. The first kappa shape index (κ1) is 30.7. The summed E-state index contributed by atoms with van der Waals surface area (Å²) in [6.45, 7) is 0.288. The van der Waals surface area contributed by atoms with Crippen molar-refractivity contribution in [1.29, 1.82) is 0 Å². The lowest BCUT2D eigenvalue weighted by molar-refractivity contribution is -0.121. The number of carboxylic acids is 1. The van der Waals surface area contributed by atoms with E-state index in [1.807, 2.05) is 12.2 Å². The zero-order valence-electron chi connectivity index (χ0n) is 23.5. The standard InChI is InChI=1S/C31H28F2N2O8S/c1-31(32,33)44(40,41)23-8-4-6-20(15-23)34-29(37)26-17-9-10-18(13-17)27(26)35-28(36)24-16-22(11-12-25(24)42-2)43-21-7-3-5-19(14-21)30(38)39/h3-12,14-18,26-27H,13H2,1-2H3,(H,34,37)(H,35,36)(H,38,39)/t17-,18+,26+,27-/m1/s1. The summed E-state index contributed by atoms with van der Waals surface area (Å²) in [7, 11) is -3.57. The Kier molecular flexibility index (Phi) is 8.17. The van der Waals surface area contributed by atoms with Crippen molar-refractivity contribution < 1.29 is 46.2 Å². The van der Waals surface area contributed by atoms with Gasteiger partial charge in [-0.05, 0) is 72.9 Å². The number of nitrogens with one attached hydrogen (secondary N) is 2. The van der Waals surface area contributed by atoms with Crippen molar-refractivity contribution in [3.8, 4) is 17.2 Å². The zero-order valence-corrected chi connectivity index (χ0v) is 24.3. The van der Waals surface area contributed by atoms with Crippen molar-refractivity contribution in [3.63, 3.8) is 0 Å². The Morgan fingerprint density at radius 3 is 2.36 bits per heavy atom. The van der Waals surface area contributed by atoms with Gasteiger partial charge in [0.05, 0.1) is 29.1 Å². The van der Waals surface area contributed by atoms with Crippen LogP contribution < -0.4 is 20.1 Å². The van der Waals surface area contributed by atoms with E-state index >= 15 is 0 Å². The van der Waals surface area contributed by atoms with E-state index in [4.69, 9.17) is 9.47 Å². The van der Waals surface area contributed by atoms with E-state index in [-0.39, 0.29) is 52.8 Å². The van der Waals surface area contributed by atoms with Gasteiger partial charge < -0.3 is 25.2 Å². The van der Waals surface area contributed by atoms with E-state index in [1.54, 1.807) is 12.1 Å². The minimum Gasteiger partial charge on any atom is -0.496 e. The second-order valence-electron chi connectivity index (χ2n) is 10.6. The molecule has 230 valence electrons. The van der Waals surface area contributed by atoms with Crippen LogP contribution in [0.3, 0.4) is 0 Å². The quantitative estimate of drug-likeness (QED) is 0.263. The third kappa shape index (κ3) is 6.00. The molecule has 2 bridgehead atoms. The van der Waals surface area contributed by atoms with Gasteiger partial charge in [0.1, 0.15) is 17.2 Å². The van der Waals surface area contributed by atoms with Crippen molar-refractivity contribution in [2.45, 2.75) is 29.5 Å². The first-order valence-electron chi connectivity index (χ1n) is 13.5. The summed E-state index contributed by atoms with van der Waals surface area (Å²) in [5.74, 6) is -2.55. The van der Waals surface area contributed by atoms with Crippen molar-refractivity contribution in [3.05, 3.63) is 90.0 Å². The zero-order chi connectivity index (χ0) is 31.8. The lowest BCUT2D eigenvalue weighted by atomic mass is 9.87. The van der Waals surface area contributed by atoms with Crippen LogP contribution in [0, 0.1) is 17.8 Å². The molecule has 1 saturated carbocycles. The summed E-state index contributed by atoms with van der Waals surface area (Å²) in [5, 5.41) is 10.8. The van der Waals surface area contributed by atoms with Crippen LogP contribution >= 0.6 is 0 Å². The van der Waals surface area contributed by atoms with Crippen molar-refractivity contribution in [1.82, 2.24) is 5.32 Å². The van der Waals surface area contributed by atoms with Crippen LogP contribution in [0.25, 0.3) is 0 Å². The summed E-state index contributed by atoms with van der Waals surface area (Å²) < 4.78 is 63.0. The fourth-order valence-corrected chi connectivity index (χ4v) is 6.49. The minimum atomic E-state index is -4.96. The Morgan fingerprint density at radius 1 is 0.955 bits per heavy atom. The highest BCUT2D eigenvalue weighted by Gasteiger charge is 2.49. The fraction of sp³-hybridized carbons (Fsp3) is 0.258. The maximum absolute atomic E-state index is 13.7. The first-order chi connectivity index (χ1) is 20.8. The lowest BCUT2D eigenvalue weighted by Crippen LogP contribution is -2.47. The van der Waals surface area contributed by atoms with E-state index in [2.05, 4.69) is 10.6 Å². The average molecular weight is 627 g/mol. The second kappa shape index (κ2) is 11.7. The summed E-state index contributed by atoms with van der Waals surface area (Å²) in [6.07, 6.45) is 4.40. The van der Waals surface area contributed by atoms with Gasteiger partial charge >= 0.3 is 11.2 Å². The number of aromatic carboxylic acids is 1. The number of carbonyl (C=O) groups excluding carboxylic acids is 2. The van der Waals surface area contributed by atoms with E-state index in [1.165, 1.54) is 49.6 Å². The molecule has 0 radical (unpaired) electrons. The van der Waals surface area contributed by atoms with E-state index in [9.17, 15) is 36.7 Å². The molecule has 5 rings (SSSR count). The predicted molar refractivity (Wildman–Crippen MR) is 155 cm³/mol. The Balaban J connectivity index is 1.35. The van der Waals surface area contributed by atoms with Gasteiger partial charge in [0, 0.05) is 18.7 Å². The Labute approximate surface area is 251 Å². The molecule has 3 aromatic carbocycles. The summed E-state index contributed by atoms with van der Waals surface area (Å²) in [4.78, 5) is 37.7. The Bertz CT molecular complexity index is 1770. The number of anilines is 1. The first-order valence-corrected chi connectivity index (χ1v) is 15.0. The molecule has 2 aliphatic rings. The summed E-state index contributed by atoms with van der Waals surface area (Å²) >= 11 is 0. The van der Waals surface area contributed by atoms with Crippen LogP contribution in [0.2, 0.25) is 0 Å². The van der Waals surface area contributed by atoms with E-state index in [0.29, 0.717) is 6.42 Å². The number of carboxylic acid groups (broad SMARTS) is 1. The number of ether oxygens (including phenoxy) is 2. The molecule has 0 aromatic heterocycles. The molecule has 10 nitrogen and oxygen atoms in total. The number of fused-ring (bicyclic) bond motifs is 2. The highest BCUT2D eigenvalue weighted by atomic mass is 32.2. The van der Waals surface area contributed by atoms with Gasteiger partial charge in [0.25, 0.3) is 5.91 Å². The predicted octanol–water partition coefficient (Wildman–Crippen LogP) is 5.13. The molecule has 3 aromatic rings. The number of benzene rings is 3. The van der Waals surface area contributed by atoms with Crippen LogP contribution in [0.5, 0.6) is 17.2 Å². The molecule has 0 unspecified atom stereocenters. The number of allylic oxidation sites excluding steroid dienone is 1. The van der Waals surface area contributed by atoms with Crippen LogP contribution in [-0.4, -0.2) is 49.7 Å². The molecule has 4 atom stereocenters. The van der Waals surface area contributed by atoms with E-state index in [0.717, 1.165) is 12.1 Å². The minimum absolute atomic E-state index is 0.0237. The molecule has 3 N–H and O–H groups in total. The molecule has 44 heavy (non-hydrogen) atoms. The molecule has 0 saturated heterocycles. The van der Waals surface area contributed by atoms with E-state index < -0.39 is 49.7 Å². The summed E-state index contributed by atoms with van der Waals surface area (Å²) in [5.41, 5.74) is 0.165. The highest BCUT2D eigenvalue weighted by molar-refractivity contribution is 7.92. The molecule has 2 amide bonds. The number of methoxy groups -OCH3 is 1. The molecular weight excluding hydrogens is 598 g/mol. The number of hydrogen-bond donors (Lipinski definition) is 3. The molecule has 0 heterocycles. The van der Waals surface area contributed by atoms with Gasteiger partial charge in [-0.25, -0.2) is 13.2 Å². The topological polar surface area (TPSA) is 148 Å². The normalized spacial score (nSPS) is 20.6. The molecule has 0 spiro atoms. The van der Waals surface area contributed by atoms with Crippen molar-refractivity contribution >= 4 is 33.3 Å². The Hall–Kier alpha value is -4.78. The monoisotopic (exact) mass is 626 g/mol. The maximum Gasteiger partial charge on any atom is 0.347 e. The molecule has 13 heteroatoms. The number of rotatable bonds is 10. The second-order valence-corrected chi connectivity index (χ2v) is 12.8. The number of amides is 2. The molecule has 0 aliphatic heterocycles. The molecule has 1 fully saturated rings.